The lowest BCUT2D eigenvalue weighted by molar-refractivity contribution is 0.297. The van der Waals surface area contributed by atoms with E-state index in [1.54, 1.807) is 6.07 Å². The summed E-state index contributed by atoms with van der Waals surface area (Å²) < 4.78 is 31.4. The van der Waals surface area contributed by atoms with E-state index < -0.39 is 11.6 Å². The molecule has 2 rings (SSSR count). The van der Waals surface area contributed by atoms with Crippen LogP contribution >= 0.6 is 0 Å². The molecule has 0 saturated heterocycles. The quantitative estimate of drug-likeness (QED) is 0.879. The van der Waals surface area contributed by atoms with E-state index in [2.05, 4.69) is 0 Å². The SMILES string of the molecule is NC(CCOc1ccccc1)Cc1ccc(F)c(F)c1. The van der Waals surface area contributed by atoms with Gasteiger partial charge in [0.15, 0.2) is 11.6 Å². The van der Waals surface area contributed by atoms with E-state index in [4.69, 9.17) is 10.5 Å². The molecule has 0 bridgehead atoms. The molecule has 106 valence electrons. The molecule has 0 radical (unpaired) electrons. The van der Waals surface area contributed by atoms with Crippen molar-refractivity contribution in [1.82, 2.24) is 0 Å². The summed E-state index contributed by atoms with van der Waals surface area (Å²) in [5.74, 6) is -0.877. The maximum Gasteiger partial charge on any atom is 0.159 e. The van der Waals surface area contributed by atoms with Gasteiger partial charge in [-0.05, 0) is 42.7 Å². The Balaban J connectivity index is 1.77. The van der Waals surface area contributed by atoms with E-state index in [0.717, 1.165) is 11.8 Å². The fourth-order valence-corrected chi connectivity index (χ4v) is 1.92. The van der Waals surface area contributed by atoms with Crippen LogP contribution in [0.25, 0.3) is 0 Å². The van der Waals surface area contributed by atoms with Crippen LogP contribution in [0, 0.1) is 11.6 Å². The highest BCUT2D eigenvalue weighted by Crippen LogP contribution is 2.12. The van der Waals surface area contributed by atoms with Crippen molar-refractivity contribution in [3.8, 4) is 5.75 Å². The Morgan fingerprint density at radius 2 is 1.75 bits per heavy atom. The molecule has 0 saturated carbocycles. The van der Waals surface area contributed by atoms with Crippen molar-refractivity contribution in [2.24, 2.45) is 5.73 Å². The van der Waals surface area contributed by atoms with Crippen LogP contribution in [0.5, 0.6) is 5.75 Å². The van der Waals surface area contributed by atoms with Gasteiger partial charge in [0.2, 0.25) is 0 Å². The predicted molar refractivity (Wildman–Crippen MR) is 74.6 cm³/mol. The van der Waals surface area contributed by atoms with Gasteiger partial charge in [0.1, 0.15) is 5.75 Å². The van der Waals surface area contributed by atoms with Gasteiger partial charge in [0, 0.05) is 6.04 Å². The van der Waals surface area contributed by atoms with Gasteiger partial charge in [-0.3, -0.25) is 0 Å². The Bertz CT molecular complexity index is 545. The number of nitrogens with two attached hydrogens (primary N) is 1. The summed E-state index contributed by atoms with van der Waals surface area (Å²) in [7, 11) is 0. The van der Waals surface area contributed by atoms with Gasteiger partial charge in [-0.2, -0.15) is 0 Å². The Morgan fingerprint density at radius 1 is 1.00 bits per heavy atom. The number of para-hydroxylation sites is 1. The van der Waals surface area contributed by atoms with Crippen molar-refractivity contribution in [3.05, 3.63) is 65.7 Å². The van der Waals surface area contributed by atoms with Crippen LogP contribution in [0.3, 0.4) is 0 Å². The zero-order chi connectivity index (χ0) is 14.4. The molecule has 0 spiro atoms. The van der Waals surface area contributed by atoms with E-state index in [9.17, 15) is 8.78 Å². The van der Waals surface area contributed by atoms with E-state index in [0.29, 0.717) is 25.0 Å². The summed E-state index contributed by atoms with van der Waals surface area (Å²) in [6.07, 6.45) is 1.14. The monoisotopic (exact) mass is 277 g/mol. The molecule has 0 aliphatic heterocycles. The minimum Gasteiger partial charge on any atom is -0.494 e. The third-order valence-electron chi connectivity index (χ3n) is 2.98. The van der Waals surface area contributed by atoms with Crippen molar-refractivity contribution >= 4 is 0 Å². The highest BCUT2D eigenvalue weighted by Gasteiger charge is 2.08. The molecular weight excluding hydrogens is 260 g/mol. The lowest BCUT2D eigenvalue weighted by atomic mass is 10.0. The van der Waals surface area contributed by atoms with Gasteiger partial charge in [-0.25, -0.2) is 8.78 Å². The van der Waals surface area contributed by atoms with E-state index in [1.165, 1.54) is 6.07 Å². The molecule has 2 nitrogen and oxygen atoms in total. The van der Waals surface area contributed by atoms with Crippen molar-refractivity contribution in [3.63, 3.8) is 0 Å². The zero-order valence-corrected chi connectivity index (χ0v) is 11.1. The summed E-state index contributed by atoms with van der Waals surface area (Å²) in [5, 5.41) is 0. The molecule has 4 heteroatoms. The van der Waals surface area contributed by atoms with E-state index in [1.807, 2.05) is 30.3 Å². The van der Waals surface area contributed by atoms with Crippen LogP contribution in [-0.4, -0.2) is 12.6 Å². The first kappa shape index (κ1) is 14.5. The topological polar surface area (TPSA) is 35.2 Å². The minimum atomic E-state index is -0.838. The number of ether oxygens (including phenoxy) is 1. The standard InChI is InChI=1S/C16H17F2NO/c17-15-7-6-12(11-16(15)18)10-13(19)8-9-20-14-4-2-1-3-5-14/h1-7,11,13H,8-10,19H2. The molecule has 2 N–H and O–H groups in total. The smallest absolute Gasteiger partial charge is 0.159 e. The van der Waals surface area contributed by atoms with Crippen LogP contribution in [0.15, 0.2) is 48.5 Å². The second-order valence-corrected chi connectivity index (χ2v) is 4.66. The van der Waals surface area contributed by atoms with Crippen LogP contribution in [0.4, 0.5) is 8.78 Å². The molecule has 0 amide bonds. The molecule has 0 aliphatic carbocycles. The maximum atomic E-state index is 13.1. The molecule has 2 aromatic rings. The van der Waals surface area contributed by atoms with Gasteiger partial charge in [-0.1, -0.05) is 24.3 Å². The summed E-state index contributed by atoms with van der Waals surface area (Å²) in [5.41, 5.74) is 6.65. The molecule has 0 fully saturated rings. The van der Waals surface area contributed by atoms with Crippen LogP contribution in [0.1, 0.15) is 12.0 Å². The third-order valence-corrected chi connectivity index (χ3v) is 2.98. The highest BCUT2D eigenvalue weighted by atomic mass is 19.2. The first-order chi connectivity index (χ1) is 9.65. The predicted octanol–water partition coefficient (Wildman–Crippen LogP) is 3.30. The first-order valence-corrected chi connectivity index (χ1v) is 6.52. The molecule has 20 heavy (non-hydrogen) atoms. The second kappa shape index (κ2) is 7.01. The molecule has 1 unspecified atom stereocenters. The first-order valence-electron chi connectivity index (χ1n) is 6.52. The molecule has 0 aliphatic rings. The van der Waals surface area contributed by atoms with Crippen LogP contribution < -0.4 is 10.5 Å². The lowest BCUT2D eigenvalue weighted by Gasteiger charge is -2.12. The van der Waals surface area contributed by atoms with Crippen molar-refractivity contribution < 1.29 is 13.5 Å². The highest BCUT2D eigenvalue weighted by molar-refractivity contribution is 5.21. The van der Waals surface area contributed by atoms with Crippen LogP contribution in [-0.2, 0) is 6.42 Å². The van der Waals surface area contributed by atoms with Crippen molar-refractivity contribution in [1.29, 1.82) is 0 Å². The maximum absolute atomic E-state index is 13.1. The average Bonchev–Trinajstić information content (AvgIpc) is 2.44. The molecular formula is C16H17F2NO. The fourth-order valence-electron chi connectivity index (χ4n) is 1.92. The van der Waals surface area contributed by atoms with Gasteiger partial charge in [0.05, 0.1) is 6.61 Å². The second-order valence-electron chi connectivity index (χ2n) is 4.66. The largest absolute Gasteiger partial charge is 0.494 e. The minimum absolute atomic E-state index is 0.149. The van der Waals surface area contributed by atoms with Crippen LogP contribution in [0.2, 0.25) is 0 Å². The Kier molecular flexibility index (Phi) is 5.07. The fraction of sp³-hybridized carbons (Fsp3) is 0.250. The van der Waals surface area contributed by atoms with Crippen molar-refractivity contribution in [2.45, 2.75) is 18.9 Å². The zero-order valence-electron chi connectivity index (χ0n) is 11.1. The molecule has 2 aromatic carbocycles. The molecule has 0 heterocycles. The van der Waals surface area contributed by atoms with Gasteiger partial charge in [0.25, 0.3) is 0 Å². The molecule has 0 aromatic heterocycles. The normalized spacial score (nSPS) is 12.2. The summed E-state index contributed by atoms with van der Waals surface area (Å²) in [6, 6.07) is 13.2. The van der Waals surface area contributed by atoms with E-state index >= 15 is 0 Å². The van der Waals surface area contributed by atoms with Gasteiger partial charge >= 0.3 is 0 Å². The van der Waals surface area contributed by atoms with Gasteiger partial charge in [-0.15, -0.1) is 0 Å². The van der Waals surface area contributed by atoms with Crippen molar-refractivity contribution in [2.75, 3.05) is 6.61 Å². The summed E-state index contributed by atoms with van der Waals surface area (Å²) in [4.78, 5) is 0. The summed E-state index contributed by atoms with van der Waals surface area (Å²) >= 11 is 0. The number of benzene rings is 2. The molecule has 1 atom stereocenters. The lowest BCUT2D eigenvalue weighted by Crippen LogP contribution is -2.25. The van der Waals surface area contributed by atoms with Gasteiger partial charge < -0.3 is 10.5 Å². The number of hydrogen-bond donors (Lipinski definition) is 1. The van der Waals surface area contributed by atoms with E-state index in [-0.39, 0.29) is 6.04 Å². The Labute approximate surface area is 117 Å². The average molecular weight is 277 g/mol. The number of halogens is 2. The third kappa shape index (κ3) is 4.31. The number of rotatable bonds is 6. The summed E-state index contributed by atoms with van der Waals surface area (Å²) in [6.45, 7) is 0.495. The Morgan fingerprint density at radius 3 is 2.45 bits per heavy atom. The number of hydrogen-bond acceptors (Lipinski definition) is 2. The Hall–Kier alpha value is -1.94.